The minimum atomic E-state index is -0.122. The normalized spacial score (nSPS) is 10.9. The number of thioether (sulfide) groups is 1. The molecule has 0 aliphatic rings. The van der Waals surface area contributed by atoms with Crippen LogP contribution < -0.4 is 5.32 Å². The highest BCUT2D eigenvalue weighted by Gasteiger charge is 2.10. The van der Waals surface area contributed by atoms with Crippen molar-refractivity contribution < 1.29 is 4.79 Å². The first-order valence-electron chi connectivity index (χ1n) is 6.31. The molecule has 0 spiro atoms. The molecular weight excluding hydrogens is 308 g/mol. The van der Waals surface area contributed by atoms with Gasteiger partial charge in [-0.2, -0.15) is 8.75 Å². The van der Waals surface area contributed by atoms with Gasteiger partial charge in [-0.15, -0.1) is 5.10 Å². The highest BCUT2D eigenvalue weighted by molar-refractivity contribution is 7.99. The van der Waals surface area contributed by atoms with E-state index in [1.54, 1.807) is 0 Å². The van der Waals surface area contributed by atoms with E-state index in [-0.39, 0.29) is 11.7 Å². The molecule has 0 aliphatic heterocycles. The summed E-state index contributed by atoms with van der Waals surface area (Å²) in [5.74, 6) is 0.939. The molecule has 0 bridgehead atoms. The molecule has 21 heavy (non-hydrogen) atoms. The Bertz CT molecular complexity index is 768. The number of benzene rings is 1. The Morgan fingerprint density at radius 3 is 3.14 bits per heavy atom. The molecule has 7 nitrogen and oxygen atoms in total. The van der Waals surface area contributed by atoms with Crippen LogP contribution in [0.1, 0.15) is 12.7 Å². The number of amides is 1. The molecule has 0 unspecified atom stereocenters. The zero-order chi connectivity index (χ0) is 14.7. The van der Waals surface area contributed by atoms with Gasteiger partial charge in [-0.25, -0.2) is 4.98 Å². The maximum atomic E-state index is 12.0. The van der Waals surface area contributed by atoms with Crippen molar-refractivity contribution in [2.24, 2.45) is 0 Å². The smallest absolute Gasteiger partial charge is 0.234 e. The van der Waals surface area contributed by atoms with Gasteiger partial charge in [-0.1, -0.05) is 24.8 Å². The van der Waals surface area contributed by atoms with Gasteiger partial charge in [-0.3, -0.25) is 9.89 Å². The molecule has 3 rings (SSSR count). The maximum Gasteiger partial charge on any atom is 0.234 e. The average molecular weight is 320 g/mol. The number of hydrogen-bond donors (Lipinski definition) is 2. The summed E-state index contributed by atoms with van der Waals surface area (Å²) in [6.07, 6.45) is 0.790. The number of carbonyl (C=O) groups excluding carboxylic acids is 1. The second kappa shape index (κ2) is 6.19. The van der Waals surface area contributed by atoms with E-state index in [1.165, 1.54) is 11.8 Å². The van der Waals surface area contributed by atoms with E-state index in [0.717, 1.165) is 29.5 Å². The SMILES string of the molecule is CCc1nc(SCC(=O)Nc2cccc3nsnc23)n[nH]1. The van der Waals surface area contributed by atoms with Gasteiger partial charge in [0.25, 0.3) is 0 Å². The van der Waals surface area contributed by atoms with Crippen LogP contribution in [0, 0.1) is 0 Å². The molecule has 3 aromatic rings. The second-order valence-corrected chi connectivity index (χ2v) is 5.66. The molecule has 108 valence electrons. The molecule has 9 heteroatoms. The summed E-state index contributed by atoms with van der Waals surface area (Å²) in [5, 5.41) is 10.3. The highest BCUT2D eigenvalue weighted by Crippen LogP contribution is 2.21. The van der Waals surface area contributed by atoms with Gasteiger partial charge in [-0.05, 0) is 12.1 Å². The number of aromatic amines is 1. The predicted molar refractivity (Wildman–Crippen MR) is 82.5 cm³/mol. The van der Waals surface area contributed by atoms with Crippen LogP contribution in [0.4, 0.5) is 5.69 Å². The van der Waals surface area contributed by atoms with Gasteiger partial charge in [0.1, 0.15) is 16.9 Å². The fourth-order valence-corrected chi connectivity index (χ4v) is 2.89. The Morgan fingerprint density at radius 2 is 2.33 bits per heavy atom. The van der Waals surface area contributed by atoms with Crippen LogP contribution in [-0.4, -0.2) is 35.6 Å². The third kappa shape index (κ3) is 3.19. The van der Waals surface area contributed by atoms with E-state index in [0.29, 0.717) is 16.4 Å². The number of hydrogen-bond acceptors (Lipinski definition) is 7. The van der Waals surface area contributed by atoms with E-state index < -0.39 is 0 Å². The van der Waals surface area contributed by atoms with E-state index in [2.05, 4.69) is 29.2 Å². The molecule has 0 saturated carbocycles. The number of aryl methyl sites for hydroxylation is 1. The van der Waals surface area contributed by atoms with Crippen LogP contribution in [-0.2, 0) is 11.2 Å². The minimum absolute atomic E-state index is 0.122. The number of nitrogens with one attached hydrogen (secondary N) is 2. The van der Waals surface area contributed by atoms with Crippen LogP contribution in [0.3, 0.4) is 0 Å². The first-order chi connectivity index (χ1) is 10.3. The summed E-state index contributed by atoms with van der Waals surface area (Å²) in [7, 11) is 0. The first kappa shape index (κ1) is 14.0. The van der Waals surface area contributed by atoms with E-state index in [9.17, 15) is 4.79 Å². The van der Waals surface area contributed by atoms with Crippen molar-refractivity contribution in [3.8, 4) is 0 Å². The van der Waals surface area contributed by atoms with Crippen molar-refractivity contribution in [1.82, 2.24) is 23.9 Å². The Labute approximate surface area is 128 Å². The van der Waals surface area contributed by atoms with Gasteiger partial charge in [0.15, 0.2) is 0 Å². The van der Waals surface area contributed by atoms with Crippen molar-refractivity contribution in [3.05, 3.63) is 24.0 Å². The topological polar surface area (TPSA) is 96.5 Å². The monoisotopic (exact) mass is 320 g/mol. The molecule has 2 aromatic heterocycles. The van der Waals surface area contributed by atoms with Crippen molar-refractivity contribution in [2.45, 2.75) is 18.5 Å². The van der Waals surface area contributed by atoms with Crippen LogP contribution in [0.15, 0.2) is 23.4 Å². The molecule has 0 aliphatic carbocycles. The summed E-state index contributed by atoms with van der Waals surface area (Å²) in [5.41, 5.74) is 2.18. The van der Waals surface area contributed by atoms with Gasteiger partial charge >= 0.3 is 0 Å². The van der Waals surface area contributed by atoms with Crippen molar-refractivity contribution >= 4 is 46.1 Å². The third-order valence-electron chi connectivity index (χ3n) is 2.74. The van der Waals surface area contributed by atoms with E-state index in [4.69, 9.17) is 0 Å². The van der Waals surface area contributed by atoms with Crippen LogP contribution in [0.25, 0.3) is 11.0 Å². The van der Waals surface area contributed by atoms with Gasteiger partial charge in [0, 0.05) is 6.42 Å². The lowest BCUT2D eigenvalue weighted by Gasteiger charge is -2.04. The number of fused-ring (bicyclic) bond motifs is 1. The summed E-state index contributed by atoms with van der Waals surface area (Å²) < 4.78 is 8.33. The van der Waals surface area contributed by atoms with Gasteiger partial charge in [0.2, 0.25) is 11.1 Å². The Hall–Kier alpha value is -2.00. The molecule has 2 heterocycles. The third-order valence-corrected chi connectivity index (χ3v) is 4.13. The van der Waals surface area contributed by atoms with Crippen molar-refractivity contribution in [3.63, 3.8) is 0 Å². The van der Waals surface area contributed by atoms with Crippen molar-refractivity contribution in [1.29, 1.82) is 0 Å². The summed E-state index contributed by atoms with van der Waals surface area (Å²) in [4.78, 5) is 16.2. The lowest BCUT2D eigenvalue weighted by molar-refractivity contribution is -0.113. The fraction of sp³-hybridized carbons (Fsp3) is 0.250. The Kier molecular flexibility index (Phi) is 4.11. The molecule has 1 amide bonds. The molecule has 1 aromatic carbocycles. The van der Waals surface area contributed by atoms with E-state index in [1.807, 2.05) is 25.1 Å². The Morgan fingerprint density at radius 1 is 1.43 bits per heavy atom. The number of aromatic nitrogens is 5. The number of nitrogens with zero attached hydrogens (tertiary/aromatic N) is 4. The molecule has 0 atom stereocenters. The summed E-state index contributed by atoms with van der Waals surface area (Å²) in [6, 6.07) is 5.52. The molecule has 0 saturated heterocycles. The summed E-state index contributed by atoms with van der Waals surface area (Å²) in [6.45, 7) is 1.99. The van der Waals surface area contributed by atoms with Crippen LogP contribution in [0.2, 0.25) is 0 Å². The lowest BCUT2D eigenvalue weighted by atomic mass is 10.2. The predicted octanol–water partition coefficient (Wildman–Crippen LogP) is 2.10. The maximum absolute atomic E-state index is 12.0. The molecule has 0 fully saturated rings. The second-order valence-electron chi connectivity index (χ2n) is 4.19. The lowest BCUT2D eigenvalue weighted by Crippen LogP contribution is -2.14. The average Bonchev–Trinajstić information content (AvgIpc) is 3.14. The zero-order valence-corrected chi connectivity index (χ0v) is 12.8. The molecular formula is C12H12N6OS2. The van der Waals surface area contributed by atoms with Crippen molar-refractivity contribution in [2.75, 3.05) is 11.1 Å². The number of rotatable bonds is 5. The Balaban J connectivity index is 1.62. The standard InChI is InChI=1S/C12H12N6OS2/c1-2-9-14-12(16-15-9)20-6-10(19)13-7-4-3-5-8-11(7)18-21-17-8/h3-5H,2,6H2,1H3,(H,13,19)(H,14,15,16). The van der Waals surface area contributed by atoms with Gasteiger partial charge < -0.3 is 5.32 Å². The molecule has 2 N–H and O–H groups in total. The number of anilines is 1. The zero-order valence-electron chi connectivity index (χ0n) is 11.2. The quantitative estimate of drug-likeness (QED) is 0.699. The number of carbonyl (C=O) groups is 1. The molecule has 0 radical (unpaired) electrons. The fourth-order valence-electron chi connectivity index (χ4n) is 1.72. The summed E-state index contributed by atoms with van der Waals surface area (Å²) >= 11 is 2.42. The largest absolute Gasteiger partial charge is 0.323 e. The minimum Gasteiger partial charge on any atom is -0.323 e. The first-order valence-corrected chi connectivity index (χ1v) is 8.03. The van der Waals surface area contributed by atoms with E-state index >= 15 is 0 Å². The van der Waals surface area contributed by atoms with Crippen LogP contribution in [0.5, 0.6) is 0 Å². The van der Waals surface area contributed by atoms with Gasteiger partial charge in [0.05, 0.1) is 23.2 Å². The van der Waals surface area contributed by atoms with Crippen LogP contribution >= 0.6 is 23.5 Å². The number of H-pyrrole nitrogens is 1. The highest BCUT2D eigenvalue weighted by atomic mass is 32.2.